The Labute approximate surface area is 91.8 Å². The van der Waals surface area contributed by atoms with Crippen molar-refractivity contribution >= 4 is 5.97 Å². The summed E-state index contributed by atoms with van der Waals surface area (Å²) < 4.78 is 4.79. The minimum absolute atomic E-state index is 0.0592. The molecule has 0 amide bonds. The molecule has 0 heterocycles. The molecular formula is C11H22O4. The van der Waals surface area contributed by atoms with Gasteiger partial charge in [0.1, 0.15) is 6.10 Å². The molecule has 0 N–H and O–H groups in total. The SMILES string of the molecule is CCOC(=O)CC(C)OOCC(C)(C)C. The van der Waals surface area contributed by atoms with E-state index in [1.165, 1.54) is 0 Å². The quantitative estimate of drug-likeness (QED) is 0.390. The molecule has 0 fully saturated rings. The summed E-state index contributed by atoms with van der Waals surface area (Å²) in [5.41, 5.74) is 0.0592. The van der Waals surface area contributed by atoms with Gasteiger partial charge >= 0.3 is 5.97 Å². The van der Waals surface area contributed by atoms with Crippen molar-refractivity contribution in [2.75, 3.05) is 13.2 Å². The largest absolute Gasteiger partial charge is 0.466 e. The molecular weight excluding hydrogens is 196 g/mol. The normalized spacial score (nSPS) is 13.7. The van der Waals surface area contributed by atoms with Crippen LogP contribution in [0.4, 0.5) is 0 Å². The van der Waals surface area contributed by atoms with E-state index in [1.807, 2.05) is 20.8 Å². The Balaban J connectivity index is 3.57. The van der Waals surface area contributed by atoms with Crippen LogP contribution >= 0.6 is 0 Å². The molecule has 0 aromatic rings. The van der Waals surface area contributed by atoms with Crippen molar-refractivity contribution in [3.63, 3.8) is 0 Å². The molecule has 0 aromatic carbocycles. The highest BCUT2D eigenvalue weighted by Gasteiger charge is 2.14. The number of hydrogen-bond donors (Lipinski definition) is 0. The third-order valence-corrected chi connectivity index (χ3v) is 1.48. The summed E-state index contributed by atoms with van der Waals surface area (Å²) in [7, 11) is 0. The van der Waals surface area contributed by atoms with E-state index in [2.05, 4.69) is 0 Å². The fourth-order valence-corrected chi connectivity index (χ4v) is 0.816. The van der Waals surface area contributed by atoms with Gasteiger partial charge in [0.2, 0.25) is 0 Å². The lowest BCUT2D eigenvalue weighted by molar-refractivity contribution is -0.331. The first kappa shape index (κ1) is 14.4. The van der Waals surface area contributed by atoms with Crippen molar-refractivity contribution in [2.24, 2.45) is 5.41 Å². The Bertz CT molecular complexity index is 184. The van der Waals surface area contributed by atoms with E-state index in [-0.39, 0.29) is 23.9 Å². The lowest BCUT2D eigenvalue weighted by atomic mass is 9.99. The van der Waals surface area contributed by atoms with Crippen molar-refractivity contribution in [2.45, 2.75) is 47.1 Å². The molecule has 0 aliphatic rings. The van der Waals surface area contributed by atoms with Gasteiger partial charge in [0.05, 0.1) is 19.6 Å². The molecule has 0 saturated heterocycles. The molecule has 15 heavy (non-hydrogen) atoms. The first-order valence-electron chi connectivity index (χ1n) is 5.29. The van der Waals surface area contributed by atoms with Crippen molar-refractivity contribution in [3.8, 4) is 0 Å². The van der Waals surface area contributed by atoms with Gasteiger partial charge in [-0.15, -0.1) is 0 Å². The van der Waals surface area contributed by atoms with E-state index in [0.29, 0.717) is 13.2 Å². The summed E-state index contributed by atoms with van der Waals surface area (Å²) in [5.74, 6) is -0.260. The minimum Gasteiger partial charge on any atom is -0.466 e. The van der Waals surface area contributed by atoms with Crippen LogP contribution in [0, 0.1) is 5.41 Å². The molecule has 1 unspecified atom stereocenters. The predicted molar refractivity (Wildman–Crippen MR) is 57.2 cm³/mol. The summed E-state index contributed by atoms with van der Waals surface area (Å²) >= 11 is 0. The zero-order valence-corrected chi connectivity index (χ0v) is 10.3. The van der Waals surface area contributed by atoms with Crippen LogP contribution in [0.5, 0.6) is 0 Å². The maximum absolute atomic E-state index is 11.1. The van der Waals surface area contributed by atoms with Crippen molar-refractivity contribution in [1.29, 1.82) is 0 Å². The molecule has 0 radical (unpaired) electrons. The van der Waals surface area contributed by atoms with Gasteiger partial charge in [-0.1, -0.05) is 20.8 Å². The average Bonchev–Trinajstić information content (AvgIpc) is 2.01. The highest BCUT2D eigenvalue weighted by Crippen LogP contribution is 2.13. The van der Waals surface area contributed by atoms with Crippen LogP contribution in [0.2, 0.25) is 0 Å². The number of carbonyl (C=O) groups excluding carboxylic acids is 1. The van der Waals surface area contributed by atoms with Crippen LogP contribution in [0.1, 0.15) is 41.0 Å². The molecule has 0 rings (SSSR count). The van der Waals surface area contributed by atoms with Crippen LogP contribution in [0.15, 0.2) is 0 Å². The summed E-state index contributed by atoms with van der Waals surface area (Å²) in [5, 5.41) is 0. The highest BCUT2D eigenvalue weighted by molar-refractivity contribution is 5.69. The van der Waals surface area contributed by atoms with E-state index in [0.717, 1.165) is 0 Å². The van der Waals surface area contributed by atoms with Crippen LogP contribution in [-0.4, -0.2) is 25.3 Å². The second-order valence-corrected chi connectivity index (χ2v) is 4.74. The average molecular weight is 218 g/mol. The Morgan fingerprint density at radius 2 is 1.93 bits per heavy atom. The molecule has 0 aliphatic heterocycles. The summed E-state index contributed by atoms with van der Waals surface area (Å²) in [6.45, 7) is 10.6. The Morgan fingerprint density at radius 1 is 1.33 bits per heavy atom. The smallest absolute Gasteiger partial charge is 0.308 e. The summed E-state index contributed by atoms with van der Waals surface area (Å²) in [6, 6.07) is 0. The van der Waals surface area contributed by atoms with Gasteiger partial charge in [-0.3, -0.25) is 4.79 Å². The third kappa shape index (κ3) is 9.69. The second-order valence-electron chi connectivity index (χ2n) is 4.74. The molecule has 0 aromatic heterocycles. The van der Waals surface area contributed by atoms with Gasteiger partial charge in [-0.25, -0.2) is 9.78 Å². The maximum Gasteiger partial charge on any atom is 0.308 e. The van der Waals surface area contributed by atoms with E-state index < -0.39 is 0 Å². The van der Waals surface area contributed by atoms with E-state index in [9.17, 15) is 4.79 Å². The molecule has 4 nitrogen and oxygen atoms in total. The lowest BCUT2D eigenvalue weighted by Gasteiger charge is -2.18. The first-order chi connectivity index (χ1) is 6.85. The van der Waals surface area contributed by atoms with Gasteiger partial charge in [-0.2, -0.15) is 0 Å². The van der Waals surface area contributed by atoms with Crippen LogP contribution in [0.25, 0.3) is 0 Å². The number of hydrogen-bond acceptors (Lipinski definition) is 4. The lowest BCUT2D eigenvalue weighted by Crippen LogP contribution is -2.20. The molecule has 1 atom stereocenters. The van der Waals surface area contributed by atoms with Crippen LogP contribution < -0.4 is 0 Å². The third-order valence-electron chi connectivity index (χ3n) is 1.48. The van der Waals surface area contributed by atoms with Crippen molar-refractivity contribution in [1.82, 2.24) is 0 Å². The van der Waals surface area contributed by atoms with E-state index in [4.69, 9.17) is 14.5 Å². The molecule has 0 saturated carbocycles. The fourth-order valence-electron chi connectivity index (χ4n) is 0.816. The van der Waals surface area contributed by atoms with Gasteiger partial charge in [0.25, 0.3) is 0 Å². The minimum atomic E-state index is -0.272. The Kier molecular flexibility index (Phi) is 6.52. The Morgan fingerprint density at radius 3 is 2.40 bits per heavy atom. The molecule has 0 bridgehead atoms. The predicted octanol–water partition coefficient (Wildman–Crippen LogP) is 2.32. The number of esters is 1. The number of ether oxygens (including phenoxy) is 1. The van der Waals surface area contributed by atoms with Crippen molar-refractivity contribution < 1.29 is 19.3 Å². The van der Waals surface area contributed by atoms with Crippen LogP contribution in [-0.2, 0) is 19.3 Å². The molecule has 90 valence electrons. The zero-order valence-electron chi connectivity index (χ0n) is 10.3. The van der Waals surface area contributed by atoms with E-state index >= 15 is 0 Å². The summed E-state index contributed by atoms with van der Waals surface area (Å²) in [6.07, 6.45) is -0.0516. The van der Waals surface area contributed by atoms with Gasteiger partial charge in [-0.05, 0) is 19.3 Å². The highest BCUT2D eigenvalue weighted by atomic mass is 17.2. The maximum atomic E-state index is 11.1. The van der Waals surface area contributed by atoms with Crippen molar-refractivity contribution in [3.05, 3.63) is 0 Å². The summed E-state index contributed by atoms with van der Waals surface area (Å²) in [4.78, 5) is 21.1. The monoisotopic (exact) mass is 218 g/mol. The molecule has 0 aliphatic carbocycles. The number of carbonyl (C=O) groups is 1. The van der Waals surface area contributed by atoms with Gasteiger partial charge in [0.15, 0.2) is 0 Å². The number of rotatable bonds is 6. The Hall–Kier alpha value is -0.610. The second kappa shape index (κ2) is 6.80. The topological polar surface area (TPSA) is 44.8 Å². The van der Waals surface area contributed by atoms with Gasteiger partial charge in [0, 0.05) is 0 Å². The zero-order chi connectivity index (χ0) is 11.9. The fraction of sp³-hybridized carbons (Fsp3) is 0.909. The van der Waals surface area contributed by atoms with Gasteiger partial charge < -0.3 is 4.74 Å². The van der Waals surface area contributed by atoms with E-state index in [1.54, 1.807) is 13.8 Å². The first-order valence-corrected chi connectivity index (χ1v) is 5.29. The standard InChI is InChI=1S/C11H22O4/c1-6-13-10(12)7-9(2)15-14-8-11(3,4)5/h9H,6-8H2,1-5H3. The molecule has 4 heteroatoms. The van der Waals surface area contributed by atoms with Crippen LogP contribution in [0.3, 0.4) is 0 Å². The molecule has 0 spiro atoms.